The van der Waals surface area contributed by atoms with Crippen LogP contribution in [0, 0.1) is 0 Å². The second-order valence-corrected chi connectivity index (χ2v) is 21.8. The standard InChI is InChI=1S/C64H46O29/c65-24-9-34(68)31-17-48(91-63(86)22-5-37(71)53(79)38(72)6-22)59(88-45(31)12-24)20-1-27-29(15-43(77)57(83)51(27)55(81)41(75)3-20)60-49(18-32-35(69)10-25(66)13-46(32)89-60)92-62(85)21-2-28-30(16-44(78)58(84)52(28)56(82)42(76)4-21)61-50(19-33-36(70)11-26(67)14-47(33)90-61)93-64(87)23-7-39(73)54(80)40(74)8-23/h1-16,48-50,59-61,65-74,77-80,83-84H,17-19H2,(H,75,81)(H,76,82)/t48-,49+,50-,59-,60+,61-/m1/s1. The van der Waals surface area contributed by atoms with Gasteiger partial charge in [-0.2, -0.15) is 0 Å². The molecule has 0 aromatic heterocycles. The summed E-state index contributed by atoms with van der Waals surface area (Å²) in [5, 5.41) is 192. The molecule has 9 aromatic carbocycles. The molecule has 0 unspecified atom stereocenters. The monoisotopic (exact) mass is 1280 g/mol. The smallest absolute Gasteiger partial charge is 0.338 e. The third-order valence-corrected chi connectivity index (χ3v) is 15.9. The Morgan fingerprint density at radius 2 is 0.624 bits per heavy atom. The fourth-order valence-corrected chi connectivity index (χ4v) is 11.5. The first-order valence-corrected chi connectivity index (χ1v) is 27.3. The topological polar surface area (TPSA) is 505 Å². The summed E-state index contributed by atoms with van der Waals surface area (Å²) in [5.41, 5.74) is -6.25. The number of fused-ring (bicyclic) bond motifs is 5. The van der Waals surface area contributed by atoms with Crippen molar-refractivity contribution in [3.8, 4) is 121 Å². The molecular weight excluding hydrogens is 1230 g/mol. The Kier molecular flexibility index (Phi) is 14.4. The number of ether oxygens (including phenoxy) is 6. The Hall–Kier alpha value is -13.0. The highest BCUT2D eigenvalue weighted by atomic mass is 16.6. The number of aromatic hydroxyl groups is 18. The Balaban J connectivity index is 1.00. The number of phenols is 16. The molecule has 18 N–H and O–H groups in total. The maximum Gasteiger partial charge on any atom is 0.338 e. The van der Waals surface area contributed by atoms with E-state index in [0.717, 1.165) is 91.0 Å². The summed E-state index contributed by atoms with van der Waals surface area (Å²) < 4.78 is 36.6. The average molecular weight is 1280 g/mol. The van der Waals surface area contributed by atoms with Crippen molar-refractivity contribution in [3.63, 3.8) is 0 Å². The summed E-state index contributed by atoms with van der Waals surface area (Å²) in [4.78, 5) is 71.5. The highest BCUT2D eigenvalue weighted by molar-refractivity contribution is 6.00. The maximum absolute atomic E-state index is 15.1. The van der Waals surface area contributed by atoms with Crippen LogP contribution in [0.15, 0.2) is 107 Å². The molecule has 476 valence electrons. The lowest BCUT2D eigenvalue weighted by Crippen LogP contribution is -2.35. The fourth-order valence-electron chi connectivity index (χ4n) is 11.5. The predicted octanol–water partition coefficient (Wildman–Crippen LogP) is 6.12. The lowest BCUT2D eigenvalue weighted by Gasteiger charge is -2.35. The van der Waals surface area contributed by atoms with Crippen molar-refractivity contribution in [2.75, 3.05) is 0 Å². The Morgan fingerprint density at radius 3 is 1.00 bits per heavy atom. The Labute approximate surface area is 516 Å². The summed E-state index contributed by atoms with van der Waals surface area (Å²) in [7, 11) is 0. The molecule has 29 heteroatoms. The van der Waals surface area contributed by atoms with Crippen molar-refractivity contribution in [2.45, 2.75) is 55.9 Å². The second kappa shape index (κ2) is 22.3. The zero-order valence-electron chi connectivity index (χ0n) is 46.9. The molecule has 0 amide bonds. The number of carbonyl (C=O) groups excluding carboxylic acids is 3. The minimum Gasteiger partial charge on any atom is -0.508 e. The summed E-state index contributed by atoms with van der Waals surface area (Å²) in [6.07, 6.45) is -12.3. The summed E-state index contributed by atoms with van der Waals surface area (Å²) >= 11 is 0. The molecule has 0 radical (unpaired) electrons. The molecule has 0 spiro atoms. The van der Waals surface area contributed by atoms with Gasteiger partial charge in [0.15, 0.2) is 87.3 Å². The molecule has 3 heterocycles. The first kappa shape index (κ1) is 60.3. The van der Waals surface area contributed by atoms with E-state index in [1.54, 1.807) is 0 Å². The van der Waals surface area contributed by atoms with Crippen LogP contribution in [-0.4, -0.2) is 128 Å². The number of hydrogen-bond acceptors (Lipinski definition) is 29. The van der Waals surface area contributed by atoms with E-state index in [9.17, 15) is 111 Å². The van der Waals surface area contributed by atoms with E-state index >= 15 is 4.79 Å². The van der Waals surface area contributed by atoms with E-state index in [1.165, 1.54) is 0 Å². The number of carbonyl (C=O) groups is 3. The minimum atomic E-state index is -1.91. The predicted molar refractivity (Wildman–Crippen MR) is 311 cm³/mol. The minimum absolute atomic E-state index is 0.0611. The third-order valence-electron chi connectivity index (χ3n) is 15.9. The van der Waals surface area contributed by atoms with Crippen molar-refractivity contribution in [1.82, 2.24) is 0 Å². The number of rotatable bonds is 9. The quantitative estimate of drug-likeness (QED) is 0.0439. The molecule has 29 nitrogen and oxygen atoms in total. The molecule has 0 fully saturated rings. The molecule has 0 bridgehead atoms. The van der Waals surface area contributed by atoms with E-state index in [-0.39, 0.29) is 39.5 Å². The molecule has 0 saturated carbocycles. The van der Waals surface area contributed by atoms with Gasteiger partial charge in [-0.15, -0.1) is 0 Å². The summed E-state index contributed by atoms with van der Waals surface area (Å²) in [6, 6.07) is 13.7. The van der Waals surface area contributed by atoms with Crippen LogP contribution < -0.4 is 25.1 Å². The lowest BCUT2D eigenvalue weighted by molar-refractivity contribution is -0.0194. The van der Waals surface area contributed by atoms with E-state index in [2.05, 4.69) is 0 Å². The van der Waals surface area contributed by atoms with Gasteiger partial charge in [-0.05, 0) is 71.4 Å². The van der Waals surface area contributed by atoms with E-state index in [1.807, 2.05) is 0 Å². The molecule has 93 heavy (non-hydrogen) atoms. The van der Waals surface area contributed by atoms with Crippen molar-refractivity contribution in [2.24, 2.45) is 0 Å². The molecule has 3 aliphatic rings. The van der Waals surface area contributed by atoms with Gasteiger partial charge in [0.05, 0.1) is 27.5 Å². The van der Waals surface area contributed by atoms with Crippen LogP contribution in [0.25, 0.3) is 21.5 Å². The van der Waals surface area contributed by atoms with Gasteiger partial charge < -0.3 is 120 Å². The van der Waals surface area contributed by atoms with Crippen LogP contribution in [-0.2, 0) is 33.5 Å². The number of phenolic OH excluding ortho intramolecular Hbond substituents is 16. The van der Waals surface area contributed by atoms with Crippen molar-refractivity contribution < 1.29 is 135 Å². The molecular formula is C64H46O29. The van der Waals surface area contributed by atoms with Crippen molar-refractivity contribution in [3.05, 3.63) is 168 Å². The van der Waals surface area contributed by atoms with Gasteiger partial charge in [0.1, 0.15) is 70.1 Å². The zero-order valence-corrected chi connectivity index (χ0v) is 46.9. The van der Waals surface area contributed by atoms with E-state index in [0.29, 0.717) is 6.07 Å². The second-order valence-electron chi connectivity index (χ2n) is 21.8. The van der Waals surface area contributed by atoms with Crippen molar-refractivity contribution in [1.29, 1.82) is 0 Å². The molecule has 6 atom stereocenters. The fraction of sp³-hybridized carbons (Fsp3) is 0.141. The van der Waals surface area contributed by atoms with Crippen LogP contribution >= 0.6 is 0 Å². The number of esters is 3. The third kappa shape index (κ3) is 10.5. The van der Waals surface area contributed by atoms with Gasteiger partial charge in [-0.1, -0.05) is 0 Å². The van der Waals surface area contributed by atoms with Crippen molar-refractivity contribution >= 4 is 39.5 Å². The normalized spacial score (nSPS) is 17.9. The van der Waals surface area contributed by atoms with Gasteiger partial charge in [-0.25, -0.2) is 14.4 Å². The van der Waals surface area contributed by atoms with Crippen LogP contribution in [0.3, 0.4) is 0 Å². The largest absolute Gasteiger partial charge is 0.508 e. The van der Waals surface area contributed by atoms with Gasteiger partial charge in [0.2, 0.25) is 10.9 Å². The first-order chi connectivity index (χ1) is 44.0. The lowest BCUT2D eigenvalue weighted by atomic mass is 9.89. The SMILES string of the molecule is O=C(O[C@H]1Cc2c(O)cc(O)cc2O[C@H]1c1cc(O)c(O)c2c(=O)c(O)cc([C@H]3Oc4cc(O)cc(O)c4C[C@H]3OC(=O)c3cc(O)c(O)c(O)c3)cc12)c1cc(O)c(=O)c2c(O)c(O)cc([C@H]3Oc4cc(O)cc(O)c4C[C@H]3OC(=O)c3cc(O)c(O)c(O)c3)c2c1. The molecule has 12 rings (SSSR count). The Morgan fingerprint density at radius 1 is 0.323 bits per heavy atom. The molecule has 0 saturated heterocycles. The highest BCUT2D eigenvalue weighted by Crippen LogP contribution is 2.51. The van der Waals surface area contributed by atoms with Crippen LogP contribution in [0.1, 0.15) is 82.8 Å². The maximum atomic E-state index is 15.1. The summed E-state index contributed by atoms with van der Waals surface area (Å²) in [6.45, 7) is 0. The van der Waals surface area contributed by atoms with Gasteiger partial charge >= 0.3 is 17.9 Å². The Bertz CT molecular complexity index is 4840. The van der Waals surface area contributed by atoms with E-state index in [4.69, 9.17) is 28.4 Å². The first-order valence-electron chi connectivity index (χ1n) is 27.3. The molecule has 9 aromatic rings. The highest BCUT2D eigenvalue weighted by Gasteiger charge is 2.43. The zero-order chi connectivity index (χ0) is 66.7. The van der Waals surface area contributed by atoms with Crippen LogP contribution in [0.5, 0.6) is 121 Å². The summed E-state index contributed by atoms with van der Waals surface area (Å²) in [5.74, 6) is -21.2. The average Bonchev–Trinajstić information content (AvgIpc) is 1.76. The van der Waals surface area contributed by atoms with Crippen LogP contribution in [0.4, 0.5) is 0 Å². The molecule has 3 aliphatic heterocycles. The van der Waals surface area contributed by atoms with Gasteiger partial charge in [0, 0.05) is 89.0 Å². The van der Waals surface area contributed by atoms with Crippen LogP contribution in [0.2, 0.25) is 0 Å². The van der Waals surface area contributed by atoms with E-state index < -0.39 is 238 Å². The van der Waals surface area contributed by atoms with Gasteiger partial charge in [-0.3, -0.25) is 9.59 Å². The molecule has 0 aliphatic carbocycles. The van der Waals surface area contributed by atoms with Gasteiger partial charge in [0.25, 0.3) is 0 Å². The number of hydrogen-bond donors (Lipinski definition) is 18. The number of benzene rings is 7.